The van der Waals surface area contributed by atoms with Gasteiger partial charge in [-0.2, -0.15) is 5.10 Å². The summed E-state index contributed by atoms with van der Waals surface area (Å²) in [6.45, 7) is 6.07. The van der Waals surface area contributed by atoms with E-state index in [2.05, 4.69) is 33.0 Å². The lowest BCUT2D eigenvalue weighted by molar-refractivity contribution is -0.125. The van der Waals surface area contributed by atoms with Crippen molar-refractivity contribution in [1.29, 1.82) is 0 Å². The Bertz CT molecular complexity index is 1690. The number of aromatic nitrogens is 5. The number of likely N-dealkylation sites (tertiary alicyclic amines) is 1. The lowest BCUT2D eigenvalue weighted by atomic mass is 10.1. The van der Waals surface area contributed by atoms with E-state index < -0.39 is 0 Å². The first-order chi connectivity index (χ1) is 17.9. The second kappa shape index (κ2) is 8.75. The van der Waals surface area contributed by atoms with Gasteiger partial charge >= 0.3 is 0 Å². The average molecular weight is 514 g/mol. The van der Waals surface area contributed by atoms with Crippen molar-refractivity contribution in [3.8, 4) is 11.8 Å². The molecule has 6 rings (SSSR count). The number of carbonyl (C=O) groups excluding carboxylic acids is 2. The molecule has 10 heteroatoms. The van der Waals surface area contributed by atoms with Crippen molar-refractivity contribution in [3.63, 3.8) is 0 Å². The summed E-state index contributed by atoms with van der Waals surface area (Å²) in [6.07, 6.45) is 7.60. The number of Topliss-reactive ketones (excluding diaryl/α,β-unsaturated/α-hetero) is 1. The molecular weight excluding hydrogens is 490 g/mol. The Balaban J connectivity index is 1.46. The third-order valence-electron chi connectivity index (χ3n) is 7.05. The highest BCUT2D eigenvalue weighted by Gasteiger charge is 2.30. The maximum atomic E-state index is 12.5. The van der Waals surface area contributed by atoms with Crippen LogP contribution in [0.1, 0.15) is 59.9 Å². The summed E-state index contributed by atoms with van der Waals surface area (Å²) in [5.74, 6) is 6.19. The lowest BCUT2D eigenvalue weighted by Gasteiger charge is -2.16. The molecule has 2 fully saturated rings. The largest absolute Gasteiger partial charge is 0.383 e. The molecule has 0 radical (unpaired) electrons. The van der Waals surface area contributed by atoms with Crippen LogP contribution in [0.5, 0.6) is 0 Å². The number of ketones is 1. The zero-order chi connectivity index (χ0) is 25.8. The van der Waals surface area contributed by atoms with Crippen molar-refractivity contribution < 1.29 is 9.59 Å². The lowest BCUT2D eigenvalue weighted by Crippen LogP contribution is -2.27. The van der Waals surface area contributed by atoms with Gasteiger partial charge in [0, 0.05) is 30.9 Å². The Hall–Kier alpha value is -4.16. The van der Waals surface area contributed by atoms with Gasteiger partial charge in [0.05, 0.1) is 44.9 Å². The van der Waals surface area contributed by atoms with Crippen LogP contribution in [-0.4, -0.2) is 54.0 Å². The smallest absolute Gasteiger partial charge is 0.246 e. The molecule has 1 aromatic carbocycles. The molecule has 1 aliphatic heterocycles. The number of hydrogen-bond acceptors (Lipinski definition) is 6. The molecule has 1 saturated carbocycles. The van der Waals surface area contributed by atoms with Gasteiger partial charge in [0.2, 0.25) is 5.91 Å². The van der Waals surface area contributed by atoms with Crippen LogP contribution < -0.4 is 5.73 Å². The van der Waals surface area contributed by atoms with E-state index in [9.17, 15) is 9.59 Å². The summed E-state index contributed by atoms with van der Waals surface area (Å²) in [6, 6.07) is 4.12. The third kappa shape index (κ3) is 3.94. The number of hydrogen-bond donors (Lipinski definition) is 1. The highest BCUT2D eigenvalue weighted by molar-refractivity contribution is 6.32. The van der Waals surface area contributed by atoms with Crippen LogP contribution in [-0.2, 0) is 4.79 Å². The number of benzene rings is 1. The van der Waals surface area contributed by atoms with Crippen LogP contribution in [0.2, 0.25) is 5.02 Å². The monoisotopic (exact) mass is 513 g/mol. The first kappa shape index (κ1) is 23.3. The van der Waals surface area contributed by atoms with E-state index in [1.54, 1.807) is 9.58 Å². The molecule has 0 bridgehead atoms. The van der Waals surface area contributed by atoms with E-state index in [0.717, 1.165) is 23.9 Å². The molecule has 1 atom stereocenters. The summed E-state index contributed by atoms with van der Waals surface area (Å²) < 4.78 is 3.93. The summed E-state index contributed by atoms with van der Waals surface area (Å²) in [7, 11) is 0. The zero-order valence-electron chi connectivity index (χ0n) is 20.2. The fourth-order valence-corrected chi connectivity index (χ4v) is 5.19. The number of pyridine rings is 1. The Morgan fingerprint density at radius 2 is 2.00 bits per heavy atom. The van der Waals surface area contributed by atoms with Crippen LogP contribution in [0.15, 0.2) is 37.3 Å². The molecular formula is C27H24ClN7O2. The molecule has 4 aromatic rings. The van der Waals surface area contributed by atoms with Gasteiger partial charge in [-0.3, -0.25) is 14.3 Å². The molecule has 1 saturated heterocycles. The molecule has 0 spiro atoms. The minimum absolute atomic E-state index is 0.138. The number of nitrogens with two attached hydrogens (primary N) is 1. The van der Waals surface area contributed by atoms with Crippen molar-refractivity contribution in [2.45, 2.75) is 38.3 Å². The van der Waals surface area contributed by atoms with E-state index in [1.165, 1.54) is 19.2 Å². The number of nitrogen functional groups attached to an aromatic ring is 1. The topological polar surface area (TPSA) is 112 Å². The summed E-state index contributed by atoms with van der Waals surface area (Å²) in [4.78, 5) is 35.2. The Morgan fingerprint density at radius 1 is 1.19 bits per heavy atom. The van der Waals surface area contributed by atoms with Gasteiger partial charge in [-0.05, 0) is 50.3 Å². The molecule has 2 N–H and O–H groups in total. The van der Waals surface area contributed by atoms with E-state index in [0.29, 0.717) is 58.3 Å². The number of imidazole rings is 1. The molecule has 1 aliphatic carbocycles. The maximum Gasteiger partial charge on any atom is 0.246 e. The number of amides is 1. The first-order valence-corrected chi connectivity index (χ1v) is 12.5. The first-order valence-electron chi connectivity index (χ1n) is 12.1. The average Bonchev–Trinajstić information content (AvgIpc) is 3.28. The van der Waals surface area contributed by atoms with Gasteiger partial charge in [0.25, 0.3) is 0 Å². The molecule has 2 aliphatic rings. The van der Waals surface area contributed by atoms with E-state index in [1.807, 2.05) is 18.5 Å². The fraction of sp³-hybridized carbons (Fsp3) is 0.296. The quantitative estimate of drug-likeness (QED) is 0.251. The normalized spacial score (nSPS) is 17.2. The molecule has 4 heterocycles. The van der Waals surface area contributed by atoms with E-state index >= 15 is 0 Å². The van der Waals surface area contributed by atoms with Crippen molar-refractivity contribution in [2.24, 2.45) is 0 Å². The fourth-order valence-electron chi connectivity index (χ4n) is 4.99. The van der Waals surface area contributed by atoms with Crippen molar-refractivity contribution in [1.82, 2.24) is 29.2 Å². The van der Waals surface area contributed by atoms with Gasteiger partial charge in [-0.1, -0.05) is 24.1 Å². The molecule has 186 valence electrons. The minimum atomic E-state index is -0.157. The van der Waals surface area contributed by atoms with E-state index in [4.69, 9.17) is 22.4 Å². The Kier molecular flexibility index (Phi) is 5.50. The van der Waals surface area contributed by atoms with Crippen LogP contribution in [0.25, 0.3) is 21.9 Å². The number of fused-ring (bicyclic) bond motifs is 2. The van der Waals surface area contributed by atoms with Crippen molar-refractivity contribution in [2.75, 3.05) is 18.8 Å². The van der Waals surface area contributed by atoms with Crippen LogP contribution >= 0.6 is 11.6 Å². The third-order valence-corrected chi connectivity index (χ3v) is 7.36. The van der Waals surface area contributed by atoms with Crippen molar-refractivity contribution >= 4 is 51.0 Å². The summed E-state index contributed by atoms with van der Waals surface area (Å²) >= 11 is 6.61. The second-order valence-electron chi connectivity index (χ2n) is 9.51. The predicted molar refractivity (Wildman–Crippen MR) is 141 cm³/mol. The number of anilines is 1. The van der Waals surface area contributed by atoms with Gasteiger partial charge in [0.1, 0.15) is 11.5 Å². The number of halogens is 1. The number of nitrogens with zero attached hydrogens (tertiary/aromatic N) is 6. The van der Waals surface area contributed by atoms with Gasteiger partial charge in [-0.25, -0.2) is 9.97 Å². The predicted octanol–water partition coefficient (Wildman–Crippen LogP) is 3.91. The van der Waals surface area contributed by atoms with E-state index in [-0.39, 0.29) is 23.6 Å². The molecule has 3 aromatic heterocycles. The molecule has 0 unspecified atom stereocenters. The van der Waals surface area contributed by atoms with Crippen LogP contribution in [0.3, 0.4) is 0 Å². The number of rotatable bonds is 4. The van der Waals surface area contributed by atoms with Gasteiger partial charge < -0.3 is 15.2 Å². The van der Waals surface area contributed by atoms with Crippen molar-refractivity contribution in [3.05, 3.63) is 59.2 Å². The maximum absolute atomic E-state index is 12.5. The standard InChI is InChI=1S/C27H24ClN7O2/c1-3-24(37)33-9-8-18(13-33)35-26-19(15(2)36)12-30-27(29)25(26)21(32-35)7-4-16-10-22-23(11-20(16)28)34(14-31-22)17-5-6-17/h3,10-12,14,17-18H,1,5-6,8-9,13H2,2H3,(H2,29,30)/t18-/m0/s1. The molecule has 9 nitrogen and oxygen atoms in total. The molecule has 37 heavy (non-hydrogen) atoms. The summed E-state index contributed by atoms with van der Waals surface area (Å²) in [5.41, 5.74) is 10.1. The highest BCUT2D eigenvalue weighted by Crippen LogP contribution is 2.38. The van der Waals surface area contributed by atoms with Crippen LogP contribution in [0, 0.1) is 11.8 Å². The minimum Gasteiger partial charge on any atom is -0.383 e. The van der Waals surface area contributed by atoms with Gasteiger partial charge in [-0.15, -0.1) is 0 Å². The zero-order valence-corrected chi connectivity index (χ0v) is 21.0. The molecule has 1 amide bonds. The van der Waals surface area contributed by atoms with Gasteiger partial charge in [0.15, 0.2) is 5.78 Å². The Morgan fingerprint density at radius 3 is 2.73 bits per heavy atom. The highest BCUT2D eigenvalue weighted by atomic mass is 35.5. The SMILES string of the molecule is C=CC(=O)N1CC[C@H](n2nc(C#Cc3cc4ncn(C5CC5)c4cc3Cl)c3c(N)ncc(C(C)=O)c32)C1. The summed E-state index contributed by atoms with van der Waals surface area (Å²) in [5, 5.41) is 5.82. The van der Waals surface area contributed by atoms with Crippen LogP contribution in [0.4, 0.5) is 5.82 Å². The number of carbonyl (C=O) groups is 2. The Labute approximate surface area is 217 Å². The second-order valence-corrected chi connectivity index (χ2v) is 9.92.